The van der Waals surface area contributed by atoms with Gasteiger partial charge in [-0.2, -0.15) is 4.98 Å². The summed E-state index contributed by atoms with van der Waals surface area (Å²) in [5.41, 5.74) is 4.14. The Hall–Kier alpha value is -3.78. The number of aryl methyl sites for hydroxylation is 2. The number of anilines is 4. The molecule has 0 aliphatic rings. The molecule has 2 heterocycles. The molecule has 0 aliphatic carbocycles. The topological polar surface area (TPSA) is 83.0 Å². The standard InChI is InChI=1S/C24H24N6OS/c1-15-14-20(30(3)4)29-24(25-15)28-19-12-10-18(11-13-19)27-22(31)21-16(2)26-23(32-21)17-8-6-5-7-9-17/h5-14H,1-4H3,(H,27,31)(H,25,28,29). The molecule has 0 atom stereocenters. The van der Waals surface area contributed by atoms with Gasteiger partial charge < -0.3 is 15.5 Å². The van der Waals surface area contributed by atoms with E-state index in [1.54, 1.807) is 0 Å². The van der Waals surface area contributed by atoms with Gasteiger partial charge in [0.05, 0.1) is 5.69 Å². The average Bonchev–Trinajstić information content (AvgIpc) is 3.17. The second kappa shape index (κ2) is 9.15. The molecule has 2 aromatic carbocycles. The molecule has 1 amide bonds. The molecule has 162 valence electrons. The zero-order valence-corrected chi connectivity index (χ0v) is 19.2. The van der Waals surface area contributed by atoms with Crippen LogP contribution < -0.4 is 15.5 Å². The molecule has 8 heteroatoms. The molecule has 32 heavy (non-hydrogen) atoms. The van der Waals surface area contributed by atoms with Crippen LogP contribution in [-0.2, 0) is 0 Å². The van der Waals surface area contributed by atoms with E-state index in [2.05, 4.69) is 25.6 Å². The van der Waals surface area contributed by atoms with E-state index in [9.17, 15) is 4.79 Å². The predicted octanol–water partition coefficient (Wildman–Crippen LogP) is 5.28. The second-order valence-corrected chi connectivity index (χ2v) is 8.54. The Morgan fingerprint density at radius 2 is 1.59 bits per heavy atom. The lowest BCUT2D eigenvalue weighted by Gasteiger charge is -2.14. The Labute approximate surface area is 191 Å². The van der Waals surface area contributed by atoms with E-state index in [0.29, 0.717) is 16.5 Å². The Morgan fingerprint density at radius 3 is 2.28 bits per heavy atom. The number of hydrogen-bond acceptors (Lipinski definition) is 7. The van der Waals surface area contributed by atoms with E-state index >= 15 is 0 Å². The maximum Gasteiger partial charge on any atom is 0.267 e. The number of rotatable bonds is 6. The highest BCUT2D eigenvalue weighted by molar-refractivity contribution is 7.17. The van der Waals surface area contributed by atoms with Crippen molar-refractivity contribution in [1.29, 1.82) is 0 Å². The molecule has 0 saturated heterocycles. The van der Waals surface area contributed by atoms with Crippen LogP contribution in [0.4, 0.5) is 23.1 Å². The van der Waals surface area contributed by atoms with E-state index in [0.717, 1.165) is 33.5 Å². The number of carbonyl (C=O) groups excluding carboxylic acids is 1. The van der Waals surface area contributed by atoms with Crippen molar-refractivity contribution in [2.75, 3.05) is 29.6 Å². The third kappa shape index (κ3) is 4.92. The van der Waals surface area contributed by atoms with E-state index < -0.39 is 0 Å². The number of aromatic nitrogens is 3. The lowest BCUT2D eigenvalue weighted by Crippen LogP contribution is -2.13. The van der Waals surface area contributed by atoms with Crippen molar-refractivity contribution < 1.29 is 4.79 Å². The fraction of sp³-hybridized carbons (Fsp3) is 0.167. The van der Waals surface area contributed by atoms with Crippen LogP contribution in [0.25, 0.3) is 10.6 Å². The lowest BCUT2D eigenvalue weighted by molar-refractivity contribution is 0.103. The third-order valence-electron chi connectivity index (χ3n) is 4.72. The molecular formula is C24H24N6OS. The van der Waals surface area contributed by atoms with Crippen LogP contribution in [0.3, 0.4) is 0 Å². The highest BCUT2D eigenvalue weighted by Gasteiger charge is 2.16. The summed E-state index contributed by atoms with van der Waals surface area (Å²) in [4.78, 5) is 28.9. The van der Waals surface area contributed by atoms with E-state index in [1.807, 2.05) is 93.5 Å². The monoisotopic (exact) mass is 444 g/mol. The molecule has 2 aromatic heterocycles. The number of benzene rings is 2. The van der Waals surface area contributed by atoms with Crippen LogP contribution in [-0.4, -0.2) is 35.0 Å². The quantitative estimate of drug-likeness (QED) is 0.421. The number of carbonyl (C=O) groups is 1. The summed E-state index contributed by atoms with van der Waals surface area (Å²) in [5, 5.41) is 7.00. The van der Waals surface area contributed by atoms with Gasteiger partial charge in [0.1, 0.15) is 15.7 Å². The molecule has 0 spiro atoms. The number of amides is 1. The Balaban J connectivity index is 1.45. The lowest BCUT2D eigenvalue weighted by atomic mass is 10.2. The van der Waals surface area contributed by atoms with Crippen molar-refractivity contribution in [3.63, 3.8) is 0 Å². The maximum absolute atomic E-state index is 12.8. The van der Waals surface area contributed by atoms with Gasteiger partial charge in [-0.1, -0.05) is 30.3 Å². The number of thiazole rings is 1. The van der Waals surface area contributed by atoms with Gasteiger partial charge in [0.15, 0.2) is 0 Å². The van der Waals surface area contributed by atoms with Crippen LogP contribution in [0.15, 0.2) is 60.7 Å². The van der Waals surface area contributed by atoms with Crippen molar-refractivity contribution >= 4 is 40.4 Å². The summed E-state index contributed by atoms with van der Waals surface area (Å²) in [5.74, 6) is 1.19. The van der Waals surface area contributed by atoms with Gasteiger partial charge in [-0.3, -0.25) is 4.79 Å². The summed E-state index contributed by atoms with van der Waals surface area (Å²) in [7, 11) is 3.88. The van der Waals surface area contributed by atoms with Crippen LogP contribution >= 0.6 is 11.3 Å². The zero-order valence-electron chi connectivity index (χ0n) is 18.4. The summed E-state index contributed by atoms with van der Waals surface area (Å²) < 4.78 is 0. The zero-order chi connectivity index (χ0) is 22.7. The largest absolute Gasteiger partial charge is 0.363 e. The molecule has 0 radical (unpaired) electrons. The fourth-order valence-corrected chi connectivity index (χ4v) is 4.07. The van der Waals surface area contributed by atoms with E-state index in [-0.39, 0.29) is 5.91 Å². The number of nitrogens with zero attached hydrogens (tertiary/aromatic N) is 4. The van der Waals surface area contributed by atoms with Crippen molar-refractivity contribution in [3.8, 4) is 10.6 Å². The van der Waals surface area contributed by atoms with Gasteiger partial charge in [-0.15, -0.1) is 11.3 Å². The summed E-state index contributed by atoms with van der Waals surface area (Å²) in [6.07, 6.45) is 0. The highest BCUT2D eigenvalue weighted by Crippen LogP contribution is 2.28. The summed E-state index contributed by atoms with van der Waals surface area (Å²) in [6, 6.07) is 19.2. The van der Waals surface area contributed by atoms with Gasteiger partial charge in [0.2, 0.25) is 5.95 Å². The first-order valence-corrected chi connectivity index (χ1v) is 10.9. The smallest absolute Gasteiger partial charge is 0.267 e. The van der Waals surface area contributed by atoms with Gasteiger partial charge in [-0.05, 0) is 38.1 Å². The minimum absolute atomic E-state index is 0.166. The fourth-order valence-electron chi connectivity index (χ4n) is 3.10. The molecular weight excluding hydrogens is 420 g/mol. The van der Waals surface area contributed by atoms with E-state index in [1.165, 1.54) is 11.3 Å². The van der Waals surface area contributed by atoms with Crippen LogP contribution in [0.5, 0.6) is 0 Å². The van der Waals surface area contributed by atoms with Crippen molar-refractivity contribution in [1.82, 2.24) is 15.0 Å². The highest BCUT2D eigenvalue weighted by atomic mass is 32.1. The predicted molar refractivity (Wildman–Crippen MR) is 131 cm³/mol. The first kappa shape index (κ1) is 21.5. The van der Waals surface area contributed by atoms with Gasteiger partial charge >= 0.3 is 0 Å². The second-order valence-electron chi connectivity index (χ2n) is 7.54. The summed E-state index contributed by atoms with van der Waals surface area (Å²) >= 11 is 1.39. The van der Waals surface area contributed by atoms with Gasteiger partial charge in [0, 0.05) is 42.8 Å². The maximum atomic E-state index is 12.8. The van der Waals surface area contributed by atoms with Crippen molar-refractivity contribution in [2.24, 2.45) is 0 Å². The van der Waals surface area contributed by atoms with Gasteiger partial charge in [0.25, 0.3) is 5.91 Å². The van der Waals surface area contributed by atoms with Crippen LogP contribution in [0.1, 0.15) is 21.1 Å². The number of nitrogens with one attached hydrogen (secondary N) is 2. The molecule has 4 rings (SSSR count). The summed E-state index contributed by atoms with van der Waals surface area (Å²) in [6.45, 7) is 3.79. The molecule has 0 aliphatic heterocycles. The van der Waals surface area contributed by atoms with Gasteiger partial charge in [-0.25, -0.2) is 9.97 Å². The number of hydrogen-bond donors (Lipinski definition) is 2. The Bertz CT molecular complexity index is 1240. The van der Waals surface area contributed by atoms with Crippen LogP contribution in [0.2, 0.25) is 0 Å². The first-order chi connectivity index (χ1) is 15.4. The SMILES string of the molecule is Cc1cc(N(C)C)nc(Nc2ccc(NC(=O)c3sc(-c4ccccc4)nc3C)cc2)n1. The molecule has 0 fully saturated rings. The van der Waals surface area contributed by atoms with Crippen molar-refractivity contribution in [3.05, 3.63) is 76.9 Å². The van der Waals surface area contributed by atoms with E-state index in [4.69, 9.17) is 0 Å². The normalized spacial score (nSPS) is 10.6. The minimum atomic E-state index is -0.166. The average molecular weight is 445 g/mol. The minimum Gasteiger partial charge on any atom is -0.363 e. The Kier molecular flexibility index (Phi) is 6.13. The van der Waals surface area contributed by atoms with Crippen molar-refractivity contribution in [2.45, 2.75) is 13.8 Å². The first-order valence-electron chi connectivity index (χ1n) is 10.1. The molecule has 0 unspecified atom stereocenters. The molecule has 7 nitrogen and oxygen atoms in total. The van der Waals surface area contributed by atoms with Crippen LogP contribution in [0, 0.1) is 13.8 Å². The molecule has 0 saturated carbocycles. The molecule has 2 N–H and O–H groups in total. The molecule has 4 aromatic rings. The Morgan fingerprint density at radius 1 is 0.906 bits per heavy atom. The third-order valence-corrected chi connectivity index (χ3v) is 5.93. The molecule has 0 bridgehead atoms.